The van der Waals surface area contributed by atoms with Crippen LogP contribution in [0.5, 0.6) is 0 Å². The first-order valence-corrected chi connectivity index (χ1v) is 5.68. The van der Waals surface area contributed by atoms with Crippen molar-refractivity contribution in [2.24, 2.45) is 5.73 Å². The molecule has 0 amide bonds. The number of allylic oxidation sites excluding steroid dienone is 3. The van der Waals surface area contributed by atoms with Gasteiger partial charge in [0.2, 0.25) is 0 Å². The maximum Gasteiger partial charge on any atom is 0.495 e. The lowest BCUT2D eigenvalue weighted by Gasteiger charge is -2.24. The molecule has 1 unspecified atom stereocenters. The molecule has 0 aromatic heterocycles. The molecular weight excluding hydrogens is 256 g/mol. The van der Waals surface area contributed by atoms with Crippen LogP contribution in [0.1, 0.15) is 0 Å². The molecule has 3 N–H and O–H groups in total. The summed E-state index contributed by atoms with van der Waals surface area (Å²) in [7, 11) is -0.429. The summed E-state index contributed by atoms with van der Waals surface area (Å²) < 4.78 is 16.7. The molecule has 0 fully saturated rings. The number of ether oxygens (including phenoxy) is 1. The lowest BCUT2D eigenvalue weighted by Crippen LogP contribution is -2.37. The Hall–Kier alpha value is -0.785. The predicted octanol–water partition coefficient (Wildman–Crippen LogP) is -0.0489. The molecule has 3 heterocycles. The van der Waals surface area contributed by atoms with Crippen molar-refractivity contribution in [3.63, 3.8) is 0 Å². The normalized spacial score (nSPS) is 29.2. The number of nitrogens with two attached hydrogens (primary N) is 1. The lowest BCUT2D eigenvalue weighted by atomic mass is 9.70. The Morgan fingerprint density at radius 1 is 1.44 bits per heavy atom. The van der Waals surface area contributed by atoms with Gasteiger partial charge in [0.05, 0.1) is 25.1 Å². The van der Waals surface area contributed by atoms with Crippen molar-refractivity contribution < 1.29 is 19.2 Å². The van der Waals surface area contributed by atoms with Gasteiger partial charge in [0.1, 0.15) is 6.61 Å². The molecule has 0 radical (unpaired) electrons. The zero-order chi connectivity index (χ0) is 11.8. The molecule has 0 aromatic rings. The van der Waals surface area contributed by atoms with Gasteiger partial charge in [-0.15, -0.1) is 12.4 Å². The molecule has 0 aliphatic carbocycles. The molecule has 0 saturated carbocycles. The minimum atomic E-state index is -0.429. The van der Waals surface area contributed by atoms with E-state index >= 15 is 0 Å². The second-order valence-corrected chi connectivity index (χ2v) is 4.22. The first-order valence-electron chi connectivity index (χ1n) is 5.68. The Morgan fingerprint density at radius 3 is 3.00 bits per heavy atom. The van der Waals surface area contributed by atoms with Gasteiger partial charge in [-0.05, 0) is 28.8 Å². The number of aliphatic hydroxyl groups is 1. The Morgan fingerprint density at radius 2 is 2.28 bits per heavy atom. The fourth-order valence-corrected chi connectivity index (χ4v) is 2.39. The second kappa shape index (κ2) is 5.46. The van der Waals surface area contributed by atoms with Gasteiger partial charge in [-0.3, -0.25) is 0 Å². The Labute approximate surface area is 112 Å². The van der Waals surface area contributed by atoms with Crippen molar-refractivity contribution in [3.8, 4) is 0 Å². The lowest BCUT2D eigenvalue weighted by molar-refractivity contribution is 0.100. The van der Waals surface area contributed by atoms with Gasteiger partial charge < -0.3 is 24.9 Å². The van der Waals surface area contributed by atoms with Crippen LogP contribution in [0.25, 0.3) is 0 Å². The van der Waals surface area contributed by atoms with Crippen LogP contribution < -0.4 is 5.73 Å². The Bertz CT molecular complexity index is 423. The number of aliphatic hydroxyl groups excluding tert-OH is 1. The molecule has 0 aromatic carbocycles. The zero-order valence-electron chi connectivity index (χ0n) is 9.74. The quantitative estimate of drug-likeness (QED) is 0.689. The van der Waals surface area contributed by atoms with E-state index in [0.29, 0.717) is 13.2 Å². The number of halogens is 1. The van der Waals surface area contributed by atoms with Crippen molar-refractivity contribution in [1.82, 2.24) is 0 Å². The second-order valence-electron chi connectivity index (χ2n) is 4.22. The summed E-state index contributed by atoms with van der Waals surface area (Å²) in [5, 5.41) is 9.31. The maximum atomic E-state index is 9.31. The molecule has 0 spiro atoms. The summed E-state index contributed by atoms with van der Waals surface area (Å²) in [6, 6.07) is 0. The third-order valence-corrected chi connectivity index (χ3v) is 3.21. The van der Waals surface area contributed by atoms with Gasteiger partial charge in [-0.2, -0.15) is 0 Å². The SMILES string of the molecule is Cl.NCC1C=C2C=COCC3=C2B(O1)O[C@H]3CO. The summed E-state index contributed by atoms with van der Waals surface area (Å²) in [4.78, 5) is 0. The Kier molecular flexibility index (Phi) is 4.14. The van der Waals surface area contributed by atoms with Gasteiger partial charge in [0, 0.05) is 6.54 Å². The molecule has 0 bridgehead atoms. The van der Waals surface area contributed by atoms with Crippen molar-refractivity contribution in [2.75, 3.05) is 19.8 Å². The maximum absolute atomic E-state index is 9.31. The number of rotatable bonds is 2. The zero-order valence-corrected chi connectivity index (χ0v) is 10.6. The third kappa shape index (κ3) is 2.11. The molecule has 0 saturated heterocycles. The van der Waals surface area contributed by atoms with Crippen molar-refractivity contribution >= 4 is 19.5 Å². The Balaban J connectivity index is 0.00000120. The van der Waals surface area contributed by atoms with E-state index in [0.717, 1.165) is 16.6 Å². The van der Waals surface area contributed by atoms with Gasteiger partial charge in [-0.1, -0.05) is 0 Å². The summed E-state index contributed by atoms with van der Waals surface area (Å²) in [5.41, 5.74) is 8.59. The summed E-state index contributed by atoms with van der Waals surface area (Å²) in [6.45, 7) is 0.772. The summed E-state index contributed by atoms with van der Waals surface area (Å²) in [6.07, 6.45) is 5.04. The predicted molar refractivity (Wildman–Crippen MR) is 69.1 cm³/mol. The summed E-state index contributed by atoms with van der Waals surface area (Å²) >= 11 is 0. The van der Waals surface area contributed by atoms with Crippen LogP contribution >= 0.6 is 12.4 Å². The molecular formula is C11H15BClNO4. The van der Waals surface area contributed by atoms with E-state index in [-0.39, 0.29) is 31.2 Å². The molecule has 98 valence electrons. The molecule has 2 atom stereocenters. The highest BCUT2D eigenvalue weighted by Gasteiger charge is 2.44. The number of hydrogen-bond donors (Lipinski definition) is 2. The highest BCUT2D eigenvalue weighted by atomic mass is 35.5. The third-order valence-electron chi connectivity index (χ3n) is 3.21. The molecule has 5 nitrogen and oxygen atoms in total. The standard InChI is InChI=1S/C11H14BNO4.ClH/c13-4-8-3-7-1-2-15-6-9-10(5-14)17-12(16-8)11(7)9;/h1-3,8,10,14H,4-6,13H2;1H/t8?,10-;/m0./s1. The fourth-order valence-electron chi connectivity index (χ4n) is 2.39. The smallest absolute Gasteiger partial charge is 0.495 e. The van der Waals surface area contributed by atoms with Crippen LogP contribution in [0.2, 0.25) is 0 Å². The van der Waals surface area contributed by atoms with Gasteiger partial charge in [0.25, 0.3) is 0 Å². The number of hydrogen-bond acceptors (Lipinski definition) is 5. The van der Waals surface area contributed by atoms with E-state index in [9.17, 15) is 5.11 Å². The van der Waals surface area contributed by atoms with Crippen molar-refractivity contribution in [3.05, 3.63) is 35.0 Å². The summed E-state index contributed by atoms with van der Waals surface area (Å²) in [5.74, 6) is 0. The van der Waals surface area contributed by atoms with E-state index < -0.39 is 7.12 Å². The minimum absolute atomic E-state index is 0. The van der Waals surface area contributed by atoms with Gasteiger partial charge in [-0.25, -0.2) is 0 Å². The average Bonchev–Trinajstić information content (AvgIpc) is 2.57. The monoisotopic (exact) mass is 271 g/mol. The first kappa shape index (κ1) is 13.6. The highest BCUT2D eigenvalue weighted by molar-refractivity contribution is 6.57. The van der Waals surface area contributed by atoms with Crippen LogP contribution in [0.4, 0.5) is 0 Å². The van der Waals surface area contributed by atoms with Crippen LogP contribution in [-0.4, -0.2) is 44.2 Å². The van der Waals surface area contributed by atoms with Crippen LogP contribution in [0.3, 0.4) is 0 Å². The van der Waals surface area contributed by atoms with E-state index in [1.807, 2.05) is 12.2 Å². The van der Waals surface area contributed by atoms with E-state index in [4.69, 9.17) is 19.8 Å². The van der Waals surface area contributed by atoms with Crippen molar-refractivity contribution in [2.45, 2.75) is 12.2 Å². The fraction of sp³-hybridized carbons (Fsp3) is 0.455. The van der Waals surface area contributed by atoms with E-state index in [1.54, 1.807) is 6.26 Å². The van der Waals surface area contributed by atoms with Crippen LogP contribution in [-0.2, 0) is 14.0 Å². The molecule has 3 aliphatic heterocycles. The van der Waals surface area contributed by atoms with E-state index in [1.165, 1.54) is 0 Å². The highest BCUT2D eigenvalue weighted by Crippen LogP contribution is 2.36. The van der Waals surface area contributed by atoms with Gasteiger partial charge in [0.15, 0.2) is 0 Å². The van der Waals surface area contributed by atoms with Crippen LogP contribution in [0, 0.1) is 0 Å². The molecule has 18 heavy (non-hydrogen) atoms. The van der Waals surface area contributed by atoms with Crippen molar-refractivity contribution in [1.29, 1.82) is 0 Å². The molecule has 3 aliphatic rings. The minimum Gasteiger partial charge on any atom is -0.497 e. The average molecular weight is 272 g/mol. The molecule has 3 rings (SSSR count). The molecule has 7 heteroatoms. The van der Waals surface area contributed by atoms with E-state index in [2.05, 4.69) is 0 Å². The first-order chi connectivity index (χ1) is 8.33. The topological polar surface area (TPSA) is 73.9 Å². The largest absolute Gasteiger partial charge is 0.497 e. The van der Waals surface area contributed by atoms with Crippen LogP contribution in [0.15, 0.2) is 35.0 Å². The van der Waals surface area contributed by atoms with Gasteiger partial charge >= 0.3 is 7.12 Å².